The van der Waals surface area contributed by atoms with Crippen molar-refractivity contribution in [3.8, 4) is 0 Å². The van der Waals surface area contributed by atoms with Gasteiger partial charge in [-0.1, -0.05) is 66.7 Å². The topological polar surface area (TPSA) is 92.8 Å². The van der Waals surface area contributed by atoms with Crippen LogP contribution in [0.2, 0.25) is 0 Å². The minimum atomic E-state index is -0.630. The Morgan fingerprint density at radius 2 is 1.51 bits per heavy atom. The van der Waals surface area contributed by atoms with E-state index in [0.717, 1.165) is 16.5 Å². The van der Waals surface area contributed by atoms with Crippen LogP contribution in [-0.4, -0.2) is 36.7 Å². The molecule has 7 heteroatoms. The minimum Gasteiger partial charge on any atom is -0.454 e. The number of fused-ring (bicyclic) bond motifs is 1. The summed E-state index contributed by atoms with van der Waals surface area (Å²) in [5.74, 6) is -1.78. The van der Waals surface area contributed by atoms with E-state index in [9.17, 15) is 19.2 Å². The lowest BCUT2D eigenvalue weighted by molar-refractivity contribution is -0.122. The lowest BCUT2D eigenvalue weighted by Crippen LogP contribution is -2.28. The zero-order chi connectivity index (χ0) is 25.8. The Bertz CT molecular complexity index is 1480. The predicted molar refractivity (Wildman–Crippen MR) is 141 cm³/mol. The second-order valence-corrected chi connectivity index (χ2v) is 8.84. The highest BCUT2D eigenvalue weighted by atomic mass is 16.5. The number of Topliss-reactive ketones (excluding diaryl/α,β-unsaturated/α-hetero) is 1. The van der Waals surface area contributed by atoms with E-state index in [2.05, 4.69) is 5.32 Å². The molecule has 1 aliphatic rings. The summed E-state index contributed by atoms with van der Waals surface area (Å²) in [4.78, 5) is 51.8. The van der Waals surface area contributed by atoms with Gasteiger partial charge in [0.1, 0.15) is 0 Å². The van der Waals surface area contributed by atoms with E-state index in [0.29, 0.717) is 17.8 Å². The molecule has 1 fully saturated rings. The van der Waals surface area contributed by atoms with Crippen LogP contribution in [0.3, 0.4) is 0 Å². The lowest BCUT2D eigenvalue weighted by atomic mass is 10.1. The zero-order valence-electron chi connectivity index (χ0n) is 19.9. The average molecular weight is 493 g/mol. The highest BCUT2D eigenvalue weighted by Gasteiger charge is 2.35. The standard InChI is InChI=1S/C30H24N2O5/c33-27(21-8-2-1-3-9-21)19-37-30(36)22-13-15-24(16-14-22)31-29(35)23-17-28(34)32(18-23)26-12-6-10-20-7-4-5-11-25(20)26/h1-16,23H,17-19H2,(H,31,35)/t23-/m0/s1. The van der Waals surface area contributed by atoms with Crippen LogP contribution >= 0.6 is 0 Å². The first-order chi connectivity index (χ1) is 18.0. The Kier molecular flexibility index (Phi) is 6.76. The van der Waals surface area contributed by atoms with Crippen molar-refractivity contribution in [3.63, 3.8) is 0 Å². The molecular weight excluding hydrogens is 468 g/mol. The first-order valence-electron chi connectivity index (χ1n) is 11.9. The number of nitrogens with one attached hydrogen (secondary N) is 1. The van der Waals surface area contributed by atoms with Crippen molar-refractivity contribution in [2.75, 3.05) is 23.4 Å². The normalized spacial score (nSPS) is 15.0. The third-order valence-corrected chi connectivity index (χ3v) is 6.37. The number of nitrogens with zero attached hydrogens (tertiary/aromatic N) is 1. The van der Waals surface area contributed by atoms with Crippen LogP contribution in [0.25, 0.3) is 10.8 Å². The molecule has 2 amide bonds. The monoisotopic (exact) mass is 492 g/mol. The van der Waals surface area contributed by atoms with E-state index >= 15 is 0 Å². The van der Waals surface area contributed by atoms with Gasteiger partial charge in [-0.05, 0) is 35.7 Å². The molecule has 37 heavy (non-hydrogen) atoms. The van der Waals surface area contributed by atoms with Crippen molar-refractivity contribution < 1.29 is 23.9 Å². The van der Waals surface area contributed by atoms with Gasteiger partial charge in [0.15, 0.2) is 12.4 Å². The summed E-state index contributed by atoms with van der Waals surface area (Å²) >= 11 is 0. The van der Waals surface area contributed by atoms with Crippen molar-refractivity contribution >= 4 is 45.7 Å². The number of anilines is 2. The van der Waals surface area contributed by atoms with Gasteiger partial charge in [-0.15, -0.1) is 0 Å². The van der Waals surface area contributed by atoms with Crippen molar-refractivity contribution in [2.24, 2.45) is 5.92 Å². The minimum absolute atomic E-state index is 0.0975. The summed E-state index contributed by atoms with van der Waals surface area (Å²) in [5, 5.41) is 4.82. The van der Waals surface area contributed by atoms with E-state index in [1.165, 1.54) is 12.1 Å². The van der Waals surface area contributed by atoms with E-state index in [1.807, 2.05) is 42.5 Å². The highest BCUT2D eigenvalue weighted by Crippen LogP contribution is 2.32. The van der Waals surface area contributed by atoms with Gasteiger partial charge in [-0.3, -0.25) is 14.4 Å². The SMILES string of the molecule is O=C(COC(=O)c1ccc(NC(=O)[C@H]2CC(=O)N(c3cccc4ccccc34)C2)cc1)c1ccccc1. The number of esters is 1. The fourth-order valence-corrected chi connectivity index (χ4v) is 4.42. The van der Waals surface area contributed by atoms with Crippen LogP contribution in [0.5, 0.6) is 0 Å². The molecule has 4 aromatic rings. The smallest absolute Gasteiger partial charge is 0.338 e. The second-order valence-electron chi connectivity index (χ2n) is 8.84. The summed E-state index contributed by atoms with van der Waals surface area (Å²) in [5.41, 5.74) is 2.03. The number of carbonyl (C=O) groups excluding carboxylic acids is 4. The first-order valence-corrected chi connectivity index (χ1v) is 11.9. The molecule has 1 heterocycles. The molecule has 4 aromatic carbocycles. The van der Waals surface area contributed by atoms with E-state index in [1.54, 1.807) is 47.4 Å². The molecule has 0 bridgehead atoms. The average Bonchev–Trinajstić information content (AvgIpc) is 3.33. The number of hydrogen-bond donors (Lipinski definition) is 1. The first kappa shape index (κ1) is 23.9. The van der Waals surface area contributed by atoms with Gasteiger partial charge in [0.25, 0.3) is 0 Å². The molecule has 0 saturated carbocycles. The summed E-state index contributed by atoms with van der Waals surface area (Å²) in [6, 6.07) is 28.4. The summed E-state index contributed by atoms with van der Waals surface area (Å²) in [7, 11) is 0. The maximum absolute atomic E-state index is 12.9. The van der Waals surface area contributed by atoms with Gasteiger partial charge in [0.2, 0.25) is 11.8 Å². The fourth-order valence-electron chi connectivity index (χ4n) is 4.42. The largest absolute Gasteiger partial charge is 0.454 e. The molecule has 1 atom stereocenters. The molecule has 0 aromatic heterocycles. The third-order valence-electron chi connectivity index (χ3n) is 6.37. The van der Waals surface area contributed by atoms with Crippen LogP contribution in [0.15, 0.2) is 97.1 Å². The third kappa shape index (κ3) is 5.26. The molecule has 184 valence electrons. The maximum Gasteiger partial charge on any atom is 0.338 e. The Balaban J connectivity index is 1.18. The Morgan fingerprint density at radius 3 is 2.30 bits per heavy atom. The van der Waals surface area contributed by atoms with Crippen molar-refractivity contribution in [1.82, 2.24) is 0 Å². The number of ether oxygens (including phenoxy) is 1. The zero-order valence-corrected chi connectivity index (χ0v) is 19.9. The highest BCUT2D eigenvalue weighted by molar-refractivity contribution is 6.08. The van der Waals surface area contributed by atoms with Gasteiger partial charge in [-0.2, -0.15) is 0 Å². The molecule has 0 unspecified atom stereocenters. The molecule has 1 saturated heterocycles. The van der Waals surface area contributed by atoms with Crippen LogP contribution in [-0.2, 0) is 14.3 Å². The fraction of sp³-hybridized carbons (Fsp3) is 0.133. The van der Waals surface area contributed by atoms with E-state index < -0.39 is 11.9 Å². The quantitative estimate of drug-likeness (QED) is 0.294. The second kappa shape index (κ2) is 10.5. The van der Waals surface area contributed by atoms with Crippen LogP contribution in [0.1, 0.15) is 27.1 Å². The van der Waals surface area contributed by atoms with Crippen molar-refractivity contribution in [2.45, 2.75) is 6.42 Å². The molecule has 7 nitrogen and oxygen atoms in total. The van der Waals surface area contributed by atoms with E-state index in [-0.39, 0.29) is 36.2 Å². The molecule has 0 spiro atoms. The van der Waals surface area contributed by atoms with Gasteiger partial charge in [0, 0.05) is 29.6 Å². The number of carbonyl (C=O) groups is 4. The number of rotatable bonds is 7. The van der Waals surface area contributed by atoms with Crippen LogP contribution < -0.4 is 10.2 Å². The molecular formula is C30H24N2O5. The molecule has 1 aliphatic heterocycles. The summed E-state index contributed by atoms with van der Waals surface area (Å²) in [6.07, 6.45) is 0.120. The Morgan fingerprint density at radius 1 is 0.811 bits per heavy atom. The van der Waals surface area contributed by atoms with Gasteiger partial charge >= 0.3 is 5.97 Å². The Labute approximate surface area is 213 Å². The number of amides is 2. The van der Waals surface area contributed by atoms with Crippen LogP contribution in [0.4, 0.5) is 11.4 Å². The predicted octanol–water partition coefficient (Wildman–Crippen LogP) is 4.87. The maximum atomic E-state index is 12.9. The number of benzene rings is 4. The summed E-state index contributed by atoms with van der Waals surface area (Å²) in [6.45, 7) is -0.0667. The van der Waals surface area contributed by atoms with Gasteiger partial charge in [0.05, 0.1) is 17.2 Å². The summed E-state index contributed by atoms with van der Waals surface area (Å²) < 4.78 is 5.12. The van der Waals surface area contributed by atoms with Crippen LogP contribution in [0, 0.1) is 5.92 Å². The van der Waals surface area contributed by atoms with Gasteiger partial charge in [-0.25, -0.2) is 4.79 Å². The van der Waals surface area contributed by atoms with Gasteiger partial charge < -0.3 is 15.0 Å². The van der Waals surface area contributed by atoms with Crippen molar-refractivity contribution in [3.05, 3.63) is 108 Å². The molecule has 0 aliphatic carbocycles. The number of ketones is 1. The number of hydrogen-bond acceptors (Lipinski definition) is 5. The lowest BCUT2D eigenvalue weighted by Gasteiger charge is -2.19. The molecule has 5 rings (SSSR count). The molecule has 0 radical (unpaired) electrons. The Hall–Kier alpha value is -4.78. The van der Waals surface area contributed by atoms with Crippen molar-refractivity contribution in [1.29, 1.82) is 0 Å². The van der Waals surface area contributed by atoms with E-state index in [4.69, 9.17) is 4.74 Å². The molecule has 1 N–H and O–H groups in total.